The summed E-state index contributed by atoms with van der Waals surface area (Å²) in [6, 6.07) is 27.2. The molecule has 0 saturated heterocycles. The lowest BCUT2D eigenvalue weighted by atomic mass is 10.1. The first-order chi connectivity index (χ1) is 15.1. The number of hydrogen-bond donors (Lipinski definition) is 1. The third-order valence-electron chi connectivity index (χ3n) is 4.58. The minimum absolute atomic E-state index is 0.291. The average Bonchev–Trinajstić information content (AvgIpc) is 2.80. The van der Waals surface area contributed by atoms with Crippen LogP contribution in [0.25, 0.3) is 10.8 Å². The maximum absolute atomic E-state index is 12.3. The standard InChI is InChI=1S/C25H17BrN2O3/c26-23-8-4-3-7-22(23)25(30)31-21-13-9-17(10-14-21)16-27-28-24(29)20-12-11-18-5-1-2-6-19(18)15-20/h1-16H,(H,28,29)/b27-16-. The summed E-state index contributed by atoms with van der Waals surface area (Å²) in [5.41, 5.74) is 4.26. The van der Waals surface area contributed by atoms with Crippen LogP contribution in [0.2, 0.25) is 0 Å². The van der Waals surface area contributed by atoms with Crippen LogP contribution in [0.5, 0.6) is 5.75 Å². The molecule has 4 aromatic carbocycles. The molecule has 4 rings (SSSR count). The van der Waals surface area contributed by atoms with Crippen LogP contribution in [0.4, 0.5) is 0 Å². The lowest BCUT2D eigenvalue weighted by Gasteiger charge is -2.06. The van der Waals surface area contributed by atoms with Gasteiger partial charge in [0.15, 0.2) is 0 Å². The number of carbonyl (C=O) groups excluding carboxylic acids is 2. The molecule has 0 unspecified atom stereocenters. The van der Waals surface area contributed by atoms with Crippen molar-refractivity contribution < 1.29 is 14.3 Å². The second kappa shape index (κ2) is 9.36. The highest BCUT2D eigenvalue weighted by molar-refractivity contribution is 9.10. The number of ether oxygens (including phenoxy) is 1. The number of nitrogens with one attached hydrogen (secondary N) is 1. The van der Waals surface area contributed by atoms with Crippen molar-refractivity contribution in [3.8, 4) is 5.75 Å². The zero-order valence-corrected chi connectivity index (χ0v) is 17.9. The van der Waals surface area contributed by atoms with E-state index in [2.05, 4.69) is 26.5 Å². The smallest absolute Gasteiger partial charge is 0.344 e. The summed E-state index contributed by atoms with van der Waals surface area (Å²) >= 11 is 3.34. The molecule has 0 bridgehead atoms. The van der Waals surface area contributed by atoms with Crippen LogP contribution >= 0.6 is 15.9 Å². The van der Waals surface area contributed by atoms with Gasteiger partial charge in [-0.25, -0.2) is 10.2 Å². The van der Waals surface area contributed by atoms with E-state index in [0.29, 0.717) is 21.3 Å². The van der Waals surface area contributed by atoms with Crippen LogP contribution < -0.4 is 10.2 Å². The Balaban J connectivity index is 1.36. The summed E-state index contributed by atoms with van der Waals surface area (Å²) < 4.78 is 6.06. The Morgan fingerprint density at radius 3 is 2.32 bits per heavy atom. The zero-order valence-electron chi connectivity index (χ0n) is 16.3. The van der Waals surface area contributed by atoms with Gasteiger partial charge < -0.3 is 4.74 Å². The summed E-state index contributed by atoms with van der Waals surface area (Å²) in [5, 5.41) is 6.07. The van der Waals surface area contributed by atoms with Gasteiger partial charge in [-0.3, -0.25) is 4.79 Å². The second-order valence-corrected chi connectivity index (χ2v) is 7.55. The van der Waals surface area contributed by atoms with Crippen LogP contribution in [0, 0.1) is 0 Å². The second-order valence-electron chi connectivity index (χ2n) is 6.70. The number of fused-ring (bicyclic) bond motifs is 1. The Hall–Kier alpha value is -3.77. The Bertz CT molecular complexity index is 1280. The average molecular weight is 473 g/mol. The lowest BCUT2D eigenvalue weighted by molar-refractivity contribution is 0.0733. The molecule has 0 heterocycles. The van der Waals surface area contributed by atoms with Crippen molar-refractivity contribution in [3.63, 3.8) is 0 Å². The van der Waals surface area contributed by atoms with Crippen LogP contribution in [0.3, 0.4) is 0 Å². The molecule has 0 spiro atoms. The number of nitrogens with zero attached hydrogens (tertiary/aromatic N) is 1. The lowest BCUT2D eigenvalue weighted by Crippen LogP contribution is -2.17. The fourth-order valence-electron chi connectivity index (χ4n) is 2.97. The van der Waals surface area contributed by atoms with Gasteiger partial charge in [-0.2, -0.15) is 5.10 Å². The normalized spacial score (nSPS) is 10.9. The molecule has 0 atom stereocenters. The SMILES string of the molecule is O=C(N/N=C\c1ccc(OC(=O)c2ccccc2Br)cc1)c1ccc2ccccc2c1. The first-order valence-electron chi connectivity index (χ1n) is 9.49. The molecule has 0 saturated carbocycles. The molecule has 1 amide bonds. The summed E-state index contributed by atoms with van der Waals surface area (Å²) in [5.74, 6) is -0.323. The number of hydrogen-bond acceptors (Lipinski definition) is 4. The molecule has 0 fully saturated rings. The number of esters is 1. The maximum atomic E-state index is 12.3. The molecule has 0 radical (unpaired) electrons. The van der Waals surface area contributed by atoms with Crippen molar-refractivity contribution in [2.24, 2.45) is 5.10 Å². The topological polar surface area (TPSA) is 67.8 Å². The minimum Gasteiger partial charge on any atom is -0.423 e. The van der Waals surface area contributed by atoms with Crippen LogP contribution in [-0.2, 0) is 0 Å². The molecule has 0 aromatic heterocycles. The van der Waals surface area contributed by atoms with E-state index in [9.17, 15) is 9.59 Å². The molecular weight excluding hydrogens is 456 g/mol. The van der Waals surface area contributed by atoms with Gasteiger partial charge in [0, 0.05) is 10.0 Å². The van der Waals surface area contributed by atoms with Gasteiger partial charge in [-0.15, -0.1) is 0 Å². The molecule has 4 aromatic rings. The molecule has 0 aliphatic carbocycles. The van der Waals surface area contributed by atoms with E-state index in [1.165, 1.54) is 6.21 Å². The number of carbonyl (C=O) groups is 2. The summed E-state index contributed by atoms with van der Waals surface area (Å²) in [4.78, 5) is 24.6. The highest BCUT2D eigenvalue weighted by atomic mass is 79.9. The quantitative estimate of drug-likeness (QED) is 0.178. The summed E-state index contributed by atoms with van der Waals surface area (Å²) in [6.07, 6.45) is 1.53. The van der Waals surface area contributed by atoms with Gasteiger partial charge in [-0.1, -0.05) is 42.5 Å². The van der Waals surface area contributed by atoms with Gasteiger partial charge in [0.05, 0.1) is 11.8 Å². The van der Waals surface area contributed by atoms with Crippen molar-refractivity contribution in [1.82, 2.24) is 5.43 Å². The number of halogens is 1. The van der Waals surface area contributed by atoms with Crippen molar-refractivity contribution >= 4 is 44.8 Å². The Morgan fingerprint density at radius 1 is 0.839 bits per heavy atom. The van der Waals surface area contributed by atoms with Crippen LogP contribution in [0.1, 0.15) is 26.3 Å². The van der Waals surface area contributed by atoms with Crippen LogP contribution in [-0.4, -0.2) is 18.1 Å². The van der Waals surface area contributed by atoms with E-state index in [1.54, 1.807) is 48.5 Å². The number of rotatable bonds is 5. The Labute approximate surface area is 187 Å². The van der Waals surface area contributed by atoms with Gasteiger partial charge in [0.1, 0.15) is 5.75 Å². The van der Waals surface area contributed by atoms with Gasteiger partial charge >= 0.3 is 5.97 Å². The number of hydrazone groups is 1. The largest absolute Gasteiger partial charge is 0.423 e. The van der Waals surface area contributed by atoms with E-state index in [0.717, 1.165) is 16.3 Å². The third kappa shape index (κ3) is 5.05. The molecule has 152 valence electrons. The summed E-state index contributed by atoms with van der Waals surface area (Å²) in [6.45, 7) is 0. The fraction of sp³-hybridized carbons (Fsp3) is 0. The van der Waals surface area contributed by atoms with E-state index >= 15 is 0 Å². The first-order valence-corrected chi connectivity index (χ1v) is 10.3. The van der Waals surface area contributed by atoms with E-state index in [4.69, 9.17) is 4.74 Å². The third-order valence-corrected chi connectivity index (χ3v) is 5.27. The number of amides is 1. The van der Waals surface area contributed by atoms with E-state index in [-0.39, 0.29) is 5.91 Å². The predicted molar refractivity (Wildman–Crippen MR) is 125 cm³/mol. The van der Waals surface area contributed by atoms with Gasteiger partial charge in [-0.05, 0) is 80.8 Å². The molecule has 1 N–H and O–H groups in total. The number of benzene rings is 4. The molecular formula is C25H17BrN2O3. The van der Waals surface area contributed by atoms with Crippen LogP contribution in [0.15, 0.2) is 101 Å². The molecule has 31 heavy (non-hydrogen) atoms. The minimum atomic E-state index is -0.448. The molecule has 6 heteroatoms. The van der Waals surface area contributed by atoms with Crippen molar-refractivity contribution in [2.75, 3.05) is 0 Å². The van der Waals surface area contributed by atoms with Gasteiger partial charge in [0.2, 0.25) is 0 Å². The molecule has 0 aliphatic rings. The highest BCUT2D eigenvalue weighted by Crippen LogP contribution is 2.19. The van der Waals surface area contributed by atoms with E-state index in [1.807, 2.05) is 42.5 Å². The Morgan fingerprint density at radius 2 is 1.55 bits per heavy atom. The zero-order chi connectivity index (χ0) is 21.6. The predicted octanol–water partition coefficient (Wildman–Crippen LogP) is 5.59. The van der Waals surface area contributed by atoms with Crippen molar-refractivity contribution in [2.45, 2.75) is 0 Å². The maximum Gasteiger partial charge on any atom is 0.344 e. The molecule has 5 nitrogen and oxygen atoms in total. The highest BCUT2D eigenvalue weighted by Gasteiger charge is 2.11. The molecule has 0 aliphatic heterocycles. The Kier molecular flexibility index (Phi) is 6.19. The van der Waals surface area contributed by atoms with Crippen molar-refractivity contribution in [1.29, 1.82) is 0 Å². The fourth-order valence-corrected chi connectivity index (χ4v) is 3.42. The summed E-state index contributed by atoms with van der Waals surface area (Å²) in [7, 11) is 0. The monoisotopic (exact) mass is 472 g/mol. The van der Waals surface area contributed by atoms with Gasteiger partial charge in [0.25, 0.3) is 5.91 Å². The van der Waals surface area contributed by atoms with Crippen molar-refractivity contribution in [3.05, 3.63) is 112 Å². The first kappa shape index (κ1) is 20.5. The van der Waals surface area contributed by atoms with E-state index < -0.39 is 5.97 Å².